The molecule has 3 unspecified atom stereocenters. The molecule has 0 aromatic carbocycles. The van der Waals surface area contributed by atoms with E-state index in [1.165, 1.54) is 0 Å². The van der Waals surface area contributed by atoms with Gasteiger partial charge in [-0.2, -0.15) is 0 Å². The monoisotopic (exact) mass is 222 g/mol. The third-order valence-electron chi connectivity index (χ3n) is 3.03. The number of hydrogen-bond donors (Lipinski definition) is 2. The van der Waals surface area contributed by atoms with E-state index in [-0.39, 0.29) is 30.1 Å². The summed E-state index contributed by atoms with van der Waals surface area (Å²) in [5.41, 5.74) is 0. The number of piperidine rings is 1. The van der Waals surface area contributed by atoms with Gasteiger partial charge in [0.25, 0.3) is 0 Å². The van der Waals surface area contributed by atoms with Crippen molar-refractivity contribution < 1.29 is 14.4 Å². The number of carbonyl (C=O) groups excluding carboxylic acids is 3. The van der Waals surface area contributed by atoms with Gasteiger partial charge in [0.1, 0.15) is 6.04 Å². The first-order chi connectivity index (χ1) is 7.61. The lowest BCUT2D eigenvalue weighted by molar-refractivity contribution is -0.137. The van der Waals surface area contributed by atoms with Crippen molar-refractivity contribution in [3.05, 3.63) is 12.7 Å². The van der Waals surface area contributed by atoms with Gasteiger partial charge in [0.2, 0.25) is 17.7 Å². The number of carbonyl (C=O) groups is 3. The quantitative estimate of drug-likeness (QED) is 0.510. The molecule has 86 valence electrons. The standard InChI is InChI=1S/C11H14N2O3/c1-2-6-5-7(6)10(15)12-8-3-4-9(14)13-11(8)16/h2,6-8H,1,3-5H2,(H,12,15)(H,13,14,16). The summed E-state index contributed by atoms with van der Waals surface area (Å²) in [4.78, 5) is 33.9. The van der Waals surface area contributed by atoms with Gasteiger partial charge in [-0.3, -0.25) is 19.7 Å². The molecule has 2 fully saturated rings. The van der Waals surface area contributed by atoms with Gasteiger partial charge < -0.3 is 5.32 Å². The van der Waals surface area contributed by atoms with Gasteiger partial charge in [-0.25, -0.2) is 0 Å². The molecular weight excluding hydrogens is 208 g/mol. The molecule has 1 heterocycles. The van der Waals surface area contributed by atoms with Gasteiger partial charge in [0.15, 0.2) is 0 Å². The summed E-state index contributed by atoms with van der Waals surface area (Å²) in [5.74, 6) is -0.582. The second-order valence-corrected chi connectivity index (χ2v) is 4.25. The van der Waals surface area contributed by atoms with Crippen LogP contribution < -0.4 is 10.6 Å². The van der Waals surface area contributed by atoms with Gasteiger partial charge in [0, 0.05) is 12.3 Å². The molecule has 0 aromatic rings. The number of allylic oxidation sites excluding steroid dienone is 1. The van der Waals surface area contributed by atoms with E-state index in [0.717, 1.165) is 6.42 Å². The van der Waals surface area contributed by atoms with E-state index < -0.39 is 11.9 Å². The molecule has 0 bridgehead atoms. The smallest absolute Gasteiger partial charge is 0.249 e. The molecule has 1 saturated carbocycles. The number of rotatable bonds is 3. The van der Waals surface area contributed by atoms with E-state index in [0.29, 0.717) is 6.42 Å². The first-order valence-electron chi connectivity index (χ1n) is 5.38. The Morgan fingerprint density at radius 3 is 2.81 bits per heavy atom. The Balaban J connectivity index is 1.85. The molecule has 3 amide bonds. The Morgan fingerprint density at radius 1 is 1.50 bits per heavy atom. The number of amides is 3. The number of imide groups is 1. The molecule has 1 aliphatic heterocycles. The normalized spacial score (nSPS) is 32.9. The minimum absolute atomic E-state index is 0.0390. The van der Waals surface area contributed by atoms with Crippen molar-refractivity contribution in [1.29, 1.82) is 0 Å². The van der Waals surface area contributed by atoms with Crippen LogP contribution in [0, 0.1) is 11.8 Å². The highest BCUT2D eigenvalue weighted by molar-refractivity contribution is 6.01. The summed E-state index contributed by atoms with van der Waals surface area (Å²) < 4.78 is 0. The van der Waals surface area contributed by atoms with Crippen molar-refractivity contribution in [2.24, 2.45) is 11.8 Å². The molecule has 0 spiro atoms. The number of hydrogen-bond acceptors (Lipinski definition) is 3. The molecule has 5 nitrogen and oxygen atoms in total. The van der Waals surface area contributed by atoms with E-state index in [9.17, 15) is 14.4 Å². The number of nitrogens with one attached hydrogen (secondary N) is 2. The molecular formula is C11H14N2O3. The van der Waals surface area contributed by atoms with E-state index >= 15 is 0 Å². The summed E-state index contributed by atoms with van der Waals surface area (Å²) in [6.45, 7) is 3.62. The van der Waals surface area contributed by atoms with Crippen LogP contribution in [0.3, 0.4) is 0 Å². The van der Waals surface area contributed by atoms with Crippen molar-refractivity contribution in [1.82, 2.24) is 10.6 Å². The largest absolute Gasteiger partial charge is 0.344 e. The van der Waals surface area contributed by atoms with Crippen LogP contribution >= 0.6 is 0 Å². The Kier molecular flexibility index (Phi) is 2.77. The zero-order valence-electron chi connectivity index (χ0n) is 8.86. The van der Waals surface area contributed by atoms with Crippen molar-refractivity contribution >= 4 is 17.7 Å². The molecule has 3 atom stereocenters. The second-order valence-electron chi connectivity index (χ2n) is 4.25. The zero-order chi connectivity index (χ0) is 11.7. The van der Waals surface area contributed by atoms with Gasteiger partial charge in [-0.05, 0) is 18.8 Å². The van der Waals surface area contributed by atoms with Gasteiger partial charge in [-0.1, -0.05) is 6.08 Å². The van der Waals surface area contributed by atoms with Gasteiger partial charge >= 0.3 is 0 Å². The predicted molar refractivity (Wildman–Crippen MR) is 56.1 cm³/mol. The summed E-state index contributed by atoms with van der Waals surface area (Å²) in [6, 6.07) is -0.559. The van der Waals surface area contributed by atoms with Crippen LogP contribution in [0.2, 0.25) is 0 Å². The van der Waals surface area contributed by atoms with Crippen LogP contribution in [0.25, 0.3) is 0 Å². The minimum atomic E-state index is -0.559. The van der Waals surface area contributed by atoms with Crippen molar-refractivity contribution in [2.75, 3.05) is 0 Å². The second kappa shape index (κ2) is 4.08. The summed E-state index contributed by atoms with van der Waals surface area (Å²) in [6.07, 6.45) is 3.24. The molecule has 5 heteroatoms. The fourth-order valence-electron chi connectivity index (χ4n) is 1.89. The van der Waals surface area contributed by atoms with Crippen molar-refractivity contribution in [3.8, 4) is 0 Å². The Bertz CT molecular complexity index is 364. The lowest BCUT2D eigenvalue weighted by Gasteiger charge is -2.21. The van der Waals surface area contributed by atoms with Crippen LogP contribution in [0.4, 0.5) is 0 Å². The Labute approximate surface area is 93.3 Å². The van der Waals surface area contributed by atoms with Crippen LogP contribution in [0.5, 0.6) is 0 Å². The van der Waals surface area contributed by atoms with E-state index in [4.69, 9.17) is 0 Å². The van der Waals surface area contributed by atoms with E-state index in [1.807, 2.05) is 0 Å². The molecule has 0 aromatic heterocycles. The Hall–Kier alpha value is -1.65. The molecule has 2 rings (SSSR count). The summed E-state index contributed by atoms with van der Waals surface area (Å²) in [7, 11) is 0. The minimum Gasteiger partial charge on any atom is -0.344 e. The SMILES string of the molecule is C=CC1CC1C(=O)NC1CCC(=O)NC1=O. The highest BCUT2D eigenvalue weighted by Gasteiger charge is 2.42. The molecule has 2 aliphatic rings. The summed E-state index contributed by atoms with van der Waals surface area (Å²) >= 11 is 0. The molecule has 0 radical (unpaired) electrons. The molecule has 1 saturated heterocycles. The Morgan fingerprint density at radius 2 is 2.25 bits per heavy atom. The maximum atomic E-state index is 11.6. The lowest BCUT2D eigenvalue weighted by Crippen LogP contribution is -2.52. The lowest BCUT2D eigenvalue weighted by atomic mass is 10.1. The predicted octanol–water partition coefficient (Wildman–Crippen LogP) is -0.270. The van der Waals surface area contributed by atoms with Crippen LogP contribution in [0.1, 0.15) is 19.3 Å². The first-order valence-corrected chi connectivity index (χ1v) is 5.38. The van der Waals surface area contributed by atoms with Crippen LogP contribution in [-0.2, 0) is 14.4 Å². The van der Waals surface area contributed by atoms with E-state index in [1.54, 1.807) is 6.08 Å². The molecule has 16 heavy (non-hydrogen) atoms. The highest BCUT2D eigenvalue weighted by Crippen LogP contribution is 2.39. The fourth-order valence-corrected chi connectivity index (χ4v) is 1.89. The third kappa shape index (κ3) is 2.13. The molecule has 2 N–H and O–H groups in total. The van der Waals surface area contributed by atoms with Crippen molar-refractivity contribution in [3.63, 3.8) is 0 Å². The first kappa shape index (κ1) is 10.9. The third-order valence-corrected chi connectivity index (χ3v) is 3.03. The molecule has 1 aliphatic carbocycles. The fraction of sp³-hybridized carbons (Fsp3) is 0.545. The highest BCUT2D eigenvalue weighted by atomic mass is 16.2. The average Bonchev–Trinajstić information content (AvgIpc) is 3.01. The maximum Gasteiger partial charge on any atom is 0.249 e. The van der Waals surface area contributed by atoms with Crippen molar-refractivity contribution in [2.45, 2.75) is 25.3 Å². The van der Waals surface area contributed by atoms with Gasteiger partial charge in [-0.15, -0.1) is 6.58 Å². The van der Waals surface area contributed by atoms with Crippen LogP contribution in [0.15, 0.2) is 12.7 Å². The maximum absolute atomic E-state index is 11.6. The van der Waals surface area contributed by atoms with E-state index in [2.05, 4.69) is 17.2 Å². The average molecular weight is 222 g/mol. The summed E-state index contributed by atoms with van der Waals surface area (Å²) in [5, 5.41) is 4.87. The zero-order valence-corrected chi connectivity index (χ0v) is 8.86. The van der Waals surface area contributed by atoms with Gasteiger partial charge in [0.05, 0.1) is 0 Å². The topological polar surface area (TPSA) is 75.3 Å². The van der Waals surface area contributed by atoms with Crippen LogP contribution in [-0.4, -0.2) is 23.8 Å².